The van der Waals surface area contributed by atoms with Crippen molar-refractivity contribution in [3.63, 3.8) is 0 Å². The second kappa shape index (κ2) is 17.6. The van der Waals surface area contributed by atoms with E-state index in [1.54, 1.807) is 13.8 Å². The molecule has 0 aromatic carbocycles. The van der Waals surface area contributed by atoms with Crippen molar-refractivity contribution in [3.05, 3.63) is 12.8 Å². The number of nitrogens with zero attached hydrogens (tertiary/aromatic N) is 2. The van der Waals surface area contributed by atoms with E-state index >= 15 is 0 Å². The first-order chi connectivity index (χ1) is 14.8. The van der Waals surface area contributed by atoms with Crippen LogP contribution in [0.5, 0.6) is 0 Å². The number of unbranched alkanes of at least 4 members (excludes halogenated alkanes) is 10. The van der Waals surface area contributed by atoms with Crippen LogP contribution in [0.4, 0.5) is 4.79 Å². The van der Waals surface area contributed by atoms with Gasteiger partial charge in [0.05, 0.1) is 12.9 Å². The highest BCUT2D eigenvalue weighted by atomic mass is 16.5. The molecule has 0 N–H and O–H groups in total. The van der Waals surface area contributed by atoms with Crippen LogP contribution in [0.1, 0.15) is 91.4 Å². The van der Waals surface area contributed by atoms with Crippen LogP contribution >= 0.6 is 0 Å². The highest BCUT2D eigenvalue weighted by molar-refractivity contribution is 5.89. The number of carbonyl (C=O) groups is 3. The Labute approximate surface area is 189 Å². The van der Waals surface area contributed by atoms with Gasteiger partial charge in [-0.15, -0.1) is 0 Å². The van der Waals surface area contributed by atoms with Crippen molar-refractivity contribution in [1.82, 2.24) is 9.80 Å². The van der Waals surface area contributed by atoms with E-state index in [-0.39, 0.29) is 5.91 Å². The van der Waals surface area contributed by atoms with E-state index < -0.39 is 24.1 Å². The highest BCUT2D eigenvalue weighted by Crippen LogP contribution is 2.12. The molecule has 2 amide bonds. The van der Waals surface area contributed by atoms with Crippen molar-refractivity contribution in [3.8, 4) is 0 Å². The van der Waals surface area contributed by atoms with E-state index in [9.17, 15) is 14.4 Å². The lowest BCUT2D eigenvalue weighted by atomic mass is 10.1. The standard InChI is InChI=1S/C24H44N2O5/c1-7-9-10-11-12-13-14-15-16-17-18-19-31-23(28)21(4)25(5)22(27)20(3)26(6)24(29)30-8-2/h8,20-21H,2,7,9-19H2,1,3-6H3. The number of carbonyl (C=O) groups excluding carboxylic acids is 3. The molecule has 0 radical (unpaired) electrons. The van der Waals surface area contributed by atoms with Crippen LogP contribution in [0.3, 0.4) is 0 Å². The Hall–Kier alpha value is -2.05. The summed E-state index contributed by atoms with van der Waals surface area (Å²) in [5.41, 5.74) is 0. The van der Waals surface area contributed by atoms with Gasteiger partial charge in [0.2, 0.25) is 5.91 Å². The van der Waals surface area contributed by atoms with E-state index in [1.165, 1.54) is 70.4 Å². The minimum Gasteiger partial charge on any atom is -0.464 e. The zero-order valence-corrected chi connectivity index (χ0v) is 20.4. The molecule has 0 bridgehead atoms. The Morgan fingerprint density at radius 1 is 0.806 bits per heavy atom. The van der Waals surface area contributed by atoms with Gasteiger partial charge in [-0.1, -0.05) is 77.7 Å². The normalized spacial score (nSPS) is 12.5. The molecular formula is C24H44N2O5. The number of amides is 2. The van der Waals surface area contributed by atoms with Crippen molar-refractivity contribution in [2.24, 2.45) is 0 Å². The molecule has 0 saturated heterocycles. The van der Waals surface area contributed by atoms with Crippen LogP contribution in [0.25, 0.3) is 0 Å². The van der Waals surface area contributed by atoms with Crippen molar-refractivity contribution in [2.75, 3.05) is 20.7 Å². The summed E-state index contributed by atoms with van der Waals surface area (Å²) in [5, 5.41) is 0. The van der Waals surface area contributed by atoms with Crippen LogP contribution in [-0.4, -0.2) is 60.6 Å². The summed E-state index contributed by atoms with van der Waals surface area (Å²) >= 11 is 0. The first-order valence-electron chi connectivity index (χ1n) is 11.8. The van der Waals surface area contributed by atoms with Crippen LogP contribution in [-0.2, 0) is 19.1 Å². The van der Waals surface area contributed by atoms with E-state index in [0.29, 0.717) is 6.61 Å². The first kappa shape index (κ1) is 28.9. The van der Waals surface area contributed by atoms with Gasteiger partial charge >= 0.3 is 12.1 Å². The lowest BCUT2D eigenvalue weighted by Crippen LogP contribution is -2.51. The molecule has 0 heterocycles. The average Bonchev–Trinajstić information content (AvgIpc) is 2.77. The van der Waals surface area contributed by atoms with Gasteiger partial charge in [-0.25, -0.2) is 9.59 Å². The Morgan fingerprint density at radius 2 is 1.29 bits per heavy atom. The Morgan fingerprint density at radius 3 is 1.77 bits per heavy atom. The summed E-state index contributed by atoms with van der Waals surface area (Å²) in [5.74, 6) is -0.811. The van der Waals surface area contributed by atoms with Crippen LogP contribution in [0.2, 0.25) is 0 Å². The van der Waals surface area contributed by atoms with Crippen molar-refractivity contribution < 1.29 is 23.9 Å². The van der Waals surface area contributed by atoms with Gasteiger partial charge < -0.3 is 14.4 Å². The second-order valence-electron chi connectivity index (χ2n) is 8.17. The average molecular weight is 441 g/mol. The van der Waals surface area contributed by atoms with Gasteiger partial charge in [0.25, 0.3) is 0 Å². The maximum absolute atomic E-state index is 12.6. The summed E-state index contributed by atoms with van der Waals surface area (Å²) < 4.78 is 10.0. The molecule has 0 aromatic rings. The molecule has 0 aliphatic heterocycles. The molecule has 0 rings (SSSR count). The van der Waals surface area contributed by atoms with Crippen LogP contribution in [0, 0.1) is 0 Å². The smallest absolute Gasteiger partial charge is 0.415 e. The molecule has 7 nitrogen and oxygen atoms in total. The highest BCUT2D eigenvalue weighted by Gasteiger charge is 2.31. The fourth-order valence-corrected chi connectivity index (χ4v) is 3.18. The number of hydrogen-bond donors (Lipinski definition) is 0. The summed E-state index contributed by atoms with van der Waals surface area (Å²) in [6, 6.07) is -1.51. The van der Waals surface area contributed by atoms with Gasteiger partial charge in [-0.05, 0) is 20.3 Å². The molecule has 2 unspecified atom stereocenters. The third kappa shape index (κ3) is 12.4. The lowest BCUT2D eigenvalue weighted by Gasteiger charge is -2.30. The molecular weight excluding hydrogens is 396 g/mol. The monoisotopic (exact) mass is 440 g/mol. The molecule has 2 atom stereocenters. The van der Waals surface area contributed by atoms with E-state index in [1.807, 2.05) is 0 Å². The van der Waals surface area contributed by atoms with Crippen LogP contribution < -0.4 is 0 Å². The number of rotatable bonds is 17. The summed E-state index contributed by atoms with van der Waals surface area (Å²) in [6.45, 7) is 9.12. The third-order valence-corrected chi connectivity index (χ3v) is 5.67. The number of esters is 1. The summed E-state index contributed by atoms with van der Waals surface area (Å²) in [4.78, 5) is 39.0. The third-order valence-electron chi connectivity index (χ3n) is 5.67. The van der Waals surface area contributed by atoms with Crippen molar-refractivity contribution >= 4 is 18.0 Å². The van der Waals surface area contributed by atoms with Gasteiger partial charge in [-0.2, -0.15) is 0 Å². The molecule has 0 aliphatic carbocycles. The second-order valence-corrected chi connectivity index (χ2v) is 8.17. The molecule has 0 aliphatic rings. The lowest BCUT2D eigenvalue weighted by molar-refractivity contribution is -0.154. The Bertz CT molecular complexity index is 538. The Kier molecular flexibility index (Phi) is 16.4. The number of hydrogen-bond acceptors (Lipinski definition) is 5. The predicted molar refractivity (Wildman–Crippen MR) is 124 cm³/mol. The van der Waals surface area contributed by atoms with Gasteiger partial charge in [0, 0.05) is 14.1 Å². The van der Waals surface area contributed by atoms with E-state index in [2.05, 4.69) is 18.2 Å². The predicted octanol–water partition coefficient (Wildman–Crippen LogP) is 5.29. The van der Waals surface area contributed by atoms with Crippen molar-refractivity contribution in [2.45, 2.75) is 103 Å². The van der Waals surface area contributed by atoms with Gasteiger partial charge in [0.1, 0.15) is 12.1 Å². The fourth-order valence-electron chi connectivity index (χ4n) is 3.18. The SMILES string of the molecule is C=COC(=O)N(C)C(C)C(=O)N(C)C(C)C(=O)OCCCCCCCCCCCCC. The van der Waals surface area contributed by atoms with Gasteiger partial charge in [0.15, 0.2) is 0 Å². The minimum absolute atomic E-state index is 0.364. The summed E-state index contributed by atoms with van der Waals surface area (Å²) in [7, 11) is 2.98. The molecule has 0 fully saturated rings. The van der Waals surface area contributed by atoms with Crippen molar-refractivity contribution in [1.29, 1.82) is 0 Å². The first-order valence-corrected chi connectivity index (χ1v) is 11.8. The van der Waals surface area contributed by atoms with E-state index in [4.69, 9.17) is 4.74 Å². The van der Waals surface area contributed by atoms with Gasteiger partial charge in [-0.3, -0.25) is 9.69 Å². The number of ether oxygens (including phenoxy) is 2. The topological polar surface area (TPSA) is 76.2 Å². The zero-order chi connectivity index (χ0) is 23.6. The molecule has 180 valence electrons. The molecule has 0 spiro atoms. The van der Waals surface area contributed by atoms with E-state index in [0.717, 1.165) is 30.4 Å². The van der Waals surface area contributed by atoms with Crippen LogP contribution in [0.15, 0.2) is 12.8 Å². The maximum Gasteiger partial charge on any atom is 0.415 e. The molecule has 31 heavy (non-hydrogen) atoms. The quantitative estimate of drug-likeness (QED) is 0.174. The minimum atomic E-state index is -0.778. The molecule has 0 aromatic heterocycles. The molecule has 7 heteroatoms. The Balaban J connectivity index is 4.01. The fraction of sp³-hybridized carbons (Fsp3) is 0.792. The number of likely N-dealkylation sites (N-methyl/N-ethyl adjacent to an activating group) is 2. The zero-order valence-electron chi connectivity index (χ0n) is 20.4. The summed E-state index contributed by atoms with van der Waals surface area (Å²) in [6.07, 6.45) is 13.9. The largest absolute Gasteiger partial charge is 0.464 e. The molecule has 0 saturated carbocycles. The maximum atomic E-state index is 12.6.